The van der Waals surface area contributed by atoms with Gasteiger partial charge in [-0.3, -0.25) is 0 Å². The molecular weight excluding hydrogens is 322 g/mol. The summed E-state index contributed by atoms with van der Waals surface area (Å²) in [6, 6.07) is 8.83. The summed E-state index contributed by atoms with van der Waals surface area (Å²) < 4.78 is 0. The molecule has 0 bridgehead atoms. The van der Waals surface area contributed by atoms with Crippen molar-refractivity contribution in [3.63, 3.8) is 0 Å². The number of nitrogens with one attached hydrogen (secondary N) is 2. The molecule has 0 aliphatic carbocycles. The van der Waals surface area contributed by atoms with Gasteiger partial charge in [0, 0.05) is 24.4 Å². The number of nitrogens with two attached hydrogens (primary N) is 1. The second-order valence-corrected chi connectivity index (χ2v) is 7.38. The summed E-state index contributed by atoms with van der Waals surface area (Å²) in [7, 11) is 2.19. The number of aliphatic imine (C=N–C) groups is 1. The van der Waals surface area contributed by atoms with Crippen LogP contribution in [-0.2, 0) is 13.0 Å². The highest BCUT2D eigenvalue weighted by Gasteiger charge is 2.18. The minimum atomic E-state index is 0.0826. The Morgan fingerprint density at radius 1 is 1.27 bits per heavy atom. The van der Waals surface area contributed by atoms with Gasteiger partial charge in [0.2, 0.25) is 0 Å². The zero-order chi connectivity index (χ0) is 18.4. The first-order chi connectivity index (χ1) is 12.6. The van der Waals surface area contributed by atoms with Gasteiger partial charge in [-0.1, -0.05) is 30.8 Å². The fraction of sp³-hybridized carbons (Fsp3) is 0.476. The Morgan fingerprint density at radius 3 is 2.65 bits per heavy atom. The fourth-order valence-corrected chi connectivity index (χ4v) is 3.50. The number of likely N-dealkylation sites (tertiary alicyclic amines) is 1. The lowest BCUT2D eigenvalue weighted by Crippen LogP contribution is -2.33. The largest absolute Gasteiger partial charge is 0.385 e. The van der Waals surface area contributed by atoms with E-state index >= 15 is 0 Å². The molecule has 140 valence electrons. The van der Waals surface area contributed by atoms with Gasteiger partial charge in [0.25, 0.3) is 0 Å². The van der Waals surface area contributed by atoms with E-state index in [1.165, 1.54) is 42.8 Å². The molecule has 0 spiro atoms. The van der Waals surface area contributed by atoms with Crippen LogP contribution >= 0.6 is 0 Å². The zero-order valence-electron chi connectivity index (χ0n) is 15.7. The molecule has 4 N–H and O–H groups in total. The van der Waals surface area contributed by atoms with Gasteiger partial charge >= 0.3 is 0 Å². The minimum absolute atomic E-state index is 0.0826. The van der Waals surface area contributed by atoms with Crippen LogP contribution in [0.1, 0.15) is 30.4 Å². The lowest BCUT2D eigenvalue weighted by Gasteiger charge is -2.30. The maximum absolute atomic E-state index is 5.74. The molecule has 0 amide bonds. The van der Waals surface area contributed by atoms with E-state index in [0.717, 1.165) is 19.4 Å². The number of aryl methyl sites for hydroxylation is 1. The Labute approximate surface area is 157 Å². The van der Waals surface area contributed by atoms with Gasteiger partial charge in [0.1, 0.15) is 12.0 Å². The molecule has 2 aliphatic rings. The Balaban J connectivity index is 1.41. The zero-order valence-corrected chi connectivity index (χ0v) is 15.7. The predicted molar refractivity (Wildman–Crippen MR) is 109 cm³/mol. The van der Waals surface area contributed by atoms with Gasteiger partial charge in [-0.15, -0.1) is 0 Å². The number of amidine groups is 1. The molecule has 1 saturated heterocycles. The molecule has 1 unspecified atom stereocenters. The van der Waals surface area contributed by atoms with Crippen molar-refractivity contribution in [3.05, 3.63) is 59.9 Å². The van der Waals surface area contributed by atoms with Crippen molar-refractivity contribution in [1.82, 2.24) is 15.5 Å². The van der Waals surface area contributed by atoms with E-state index in [1.807, 2.05) is 6.20 Å². The number of rotatable bonds is 7. The third-order valence-electron chi connectivity index (χ3n) is 5.31. The number of nitrogens with zero attached hydrogens (tertiary/aromatic N) is 2. The van der Waals surface area contributed by atoms with Crippen LogP contribution in [-0.4, -0.2) is 37.0 Å². The highest BCUT2D eigenvalue weighted by molar-refractivity contribution is 5.91. The quantitative estimate of drug-likeness (QED) is 0.704. The van der Waals surface area contributed by atoms with Gasteiger partial charge in [0.15, 0.2) is 0 Å². The fourth-order valence-electron chi connectivity index (χ4n) is 3.50. The SMILES string of the molecule is C=C(NCc1ccc(CCC2N=C(N)C=CN2)cc1)C1CCN(C)CC1. The van der Waals surface area contributed by atoms with Crippen molar-refractivity contribution < 1.29 is 0 Å². The minimum Gasteiger partial charge on any atom is -0.385 e. The molecule has 0 radical (unpaired) electrons. The van der Waals surface area contributed by atoms with E-state index in [9.17, 15) is 0 Å². The van der Waals surface area contributed by atoms with Crippen LogP contribution in [0.15, 0.2) is 53.8 Å². The molecule has 5 nitrogen and oxygen atoms in total. The van der Waals surface area contributed by atoms with Gasteiger partial charge in [-0.25, -0.2) is 4.99 Å². The standard InChI is InChI=1S/C21H31N5/c1-16(19-10-13-26(2)14-11-19)24-15-18-5-3-17(4-6-18)7-8-21-23-12-9-20(22)25-21/h3-6,9,12,19,21,23-24H,1,7-8,10-11,13-15H2,2H3,(H2,22,25). The molecule has 1 aromatic carbocycles. The van der Waals surface area contributed by atoms with Crippen molar-refractivity contribution >= 4 is 5.84 Å². The lowest BCUT2D eigenvalue weighted by atomic mass is 9.94. The van der Waals surface area contributed by atoms with E-state index in [2.05, 4.69) is 58.4 Å². The summed E-state index contributed by atoms with van der Waals surface area (Å²) in [5.74, 6) is 1.20. The number of piperidine rings is 1. The van der Waals surface area contributed by atoms with Crippen molar-refractivity contribution in [2.45, 2.75) is 38.4 Å². The maximum Gasteiger partial charge on any atom is 0.122 e. The van der Waals surface area contributed by atoms with Crippen LogP contribution in [0.3, 0.4) is 0 Å². The first-order valence-electron chi connectivity index (χ1n) is 9.55. The number of hydrogen-bond donors (Lipinski definition) is 3. The third kappa shape index (κ3) is 5.36. The van der Waals surface area contributed by atoms with Crippen LogP contribution in [0, 0.1) is 5.92 Å². The molecule has 2 aliphatic heterocycles. The summed E-state index contributed by atoms with van der Waals surface area (Å²) in [5, 5.41) is 6.76. The second kappa shape index (κ2) is 8.90. The van der Waals surface area contributed by atoms with Crippen LogP contribution in [0.25, 0.3) is 0 Å². The first-order valence-corrected chi connectivity index (χ1v) is 9.55. The van der Waals surface area contributed by atoms with Crippen molar-refractivity contribution in [2.24, 2.45) is 16.6 Å². The summed E-state index contributed by atoms with van der Waals surface area (Å²) in [4.78, 5) is 6.78. The highest BCUT2D eigenvalue weighted by Crippen LogP contribution is 2.21. The normalized spacial score (nSPS) is 21.1. The predicted octanol–water partition coefficient (Wildman–Crippen LogP) is 2.36. The molecule has 0 aromatic heterocycles. The van der Waals surface area contributed by atoms with E-state index < -0.39 is 0 Å². The van der Waals surface area contributed by atoms with Crippen LogP contribution < -0.4 is 16.4 Å². The monoisotopic (exact) mass is 353 g/mol. The average Bonchev–Trinajstić information content (AvgIpc) is 2.66. The van der Waals surface area contributed by atoms with E-state index in [-0.39, 0.29) is 6.17 Å². The molecule has 2 heterocycles. The molecule has 1 aromatic rings. The van der Waals surface area contributed by atoms with Crippen molar-refractivity contribution in [2.75, 3.05) is 20.1 Å². The molecule has 26 heavy (non-hydrogen) atoms. The number of allylic oxidation sites excluding steroid dienone is 1. The number of hydrogen-bond acceptors (Lipinski definition) is 5. The Hall–Kier alpha value is -2.27. The number of benzene rings is 1. The van der Waals surface area contributed by atoms with Gasteiger partial charge in [-0.2, -0.15) is 0 Å². The van der Waals surface area contributed by atoms with Crippen LogP contribution in [0.5, 0.6) is 0 Å². The Morgan fingerprint density at radius 2 is 1.96 bits per heavy atom. The molecular formula is C21H31N5. The van der Waals surface area contributed by atoms with E-state index in [1.54, 1.807) is 6.08 Å². The second-order valence-electron chi connectivity index (χ2n) is 7.38. The van der Waals surface area contributed by atoms with Gasteiger partial charge in [0.05, 0.1) is 0 Å². The topological polar surface area (TPSA) is 65.7 Å². The van der Waals surface area contributed by atoms with E-state index in [4.69, 9.17) is 5.73 Å². The smallest absolute Gasteiger partial charge is 0.122 e. The Kier molecular flexibility index (Phi) is 6.34. The lowest BCUT2D eigenvalue weighted by molar-refractivity contribution is 0.233. The molecule has 3 rings (SSSR count). The molecule has 0 saturated carbocycles. The molecule has 1 fully saturated rings. The third-order valence-corrected chi connectivity index (χ3v) is 5.31. The summed E-state index contributed by atoms with van der Waals surface area (Å²) in [5.41, 5.74) is 9.55. The first kappa shape index (κ1) is 18.5. The summed E-state index contributed by atoms with van der Waals surface area (Å²) in [6.07, 6.45) is 8.08. The van der Waals surface area contributed by atoms with Crippen molar-refractivity contribution in [1.29, 1.82) is 0 Å². The highest BCUT2D eigenvalue weighted by atomic mass is 15.1. The Bertz CT molecular complexity index is 653. The molecule has 5 heteroatoms. The van der Waals surface area contributed by atoms with Crippen molar-refractivity contribution in [3.8, 4) is 0 Å². The average molecular weight is 354 g/mol. The summed E-state index contributed by atoms with van der Waals surface area (Å²) in [6.45, 7) is 7.44. The van der Waals surface area contributed by atoms with Gasteiger partial charge < -0.3 is 21.3 Å². The molecule has 1 atom stereocenters. The maximum atomic E-state index is 5.74. The van der Waals surface area contributed by atoms with Crippen LogP contribution in [0.4, 0.5) is 0 Å². The van der Waals surface area contributed by atoms with Crippen LogP contribution in [0.2, 0.25) is 0 Å². The van der Waals surface area contributed by atoms with Gasteiger partial charge in [-0.05, 0) is 63.0 Å². The summed E-state index contributed by atoms with van der Waals surface area (Å²) >= 11 is 0. The van der Waals surface area contributed by atoms with E-state index in [0.29, 0.717) is 11.8 Å².